The third kappa shape index (κ3) is 17.6. The zero-order chi connectivity index (χ0) is 42.0. The van der Waals surface area contributed by atoms with E-state index in [1.54, 1.807) is 104 Å². The highest BCUT2D eigenvalue weighted by atomic mass is 16.2. The molecule has 0 saturated heterocycles. The molecule has 0 saturated carbocycles. The Balaban J connectivity index is 0.00000930. The highest BCUT2D eigenvalue weighted by Gasteiger charge is 2.20. The first kappa shape index (κ1) is 46.2. The lowest BCUT2D eigenvalue weighted by Gasteiger charge is -2.24. The monoisotopic (exact) mass is 811 g/mol. The number of carbonyl (C=O) groups excluding carboxylic acids is 6. The quantitative estimate of drug-likeness (QED) is 0.0444. The minimum atomic E-state index is -0.495. The van der Waals surface area contributed by atoms with Crippen molar-refractivity contribution in [1.29, 1.82) is 0 Å². The predicted molar refractivity (Wildman–Crippen MR) is 231 cm³/mol. The number of likely N-dealkylation sites (N-methyl/N-ethyl adjacent to an activating group) is 1. The Labute approximate surface area is 342 Å². The van der Waals surface area contributed by atoms with Gasteiger partial charge in [-0.3, -0.25) is 43.5 Å². The molecule has 0 radical (unpaired) electrons. The van der Waals surface area contributed by atoms with Crippen LogP contribution in [0.2, 0.25) is 0 Å². The molecule has 19 heteroatoms. The zero-order valence-electron chi connectivity index (χ0n) is 32.0. The molecule has 0 spiro atoms. The fourth-order valence-electron chi connectivity index (χ4n) is 5.47. The predicted octanol–water partition coefficient (Wildman–Crippen LogP) is 1.19. The zero-order valence-corrected chi connectivity index (χ0v) is 32.0. The van der Waals surface area contributed by atoms with Crippen LogP contribution in [0.4, 0.5) is 45.5 Å². The van der Waals surface area contributed by atoms with Gasteiger partial charge < -0.3 is 54.8 Å². The standard InChI is InChI=1S/C39H49N13O6.CH4/c1-50(18-34(53)44-24-51(20-36(55)46-30-10-2-6-26(40)14-30)21-37(56)47-31-11-3-7-27(41)15-31)19-35(54)45-25-52(22-38(57)48-32-12-4-8-28(42)16-32)23-39(58)49-33-13-5-9-29(43)17-33;/h2-17H,18-25,40-43H2,1H3,(H,44,53)(H,45,54)(H,46,55)(H,47,56)(H,48,57)(H,49,58);1H4. The van der Waals surface area contributed by atoms with Gasteiger partial charge in [0.2, 0.25) is 35.4 Å². The Morgan fingerprint density at radius 1 is 0.424 bits per heavy atom. The van der Waals surface area contributed by atoms with E-state index in [0.29, 0.717) is 45.5 Å². The van der Waals surface area contributed by atoms with Crippen molar-refractivity contribution < 1.29 is 28.8 Å². The molecular formula is C40H53N13O6. The molecule has 0 fully saturated rings. The molecule has 0 aliphatic carbocycles. The van der Waals surface area contributed by atoms with Gasteiger partial charge in [-0.1, -0.05) is 31.7 Å². The van der Waals surface area contributed by atoms with Crippen LogP contribution in [0.1, 0.15) is 7.43 Å². The fourth-order valence-corrected chi connectivity index (χ4v) is 5.47. The second kappa shape index (κ2) is 23.1. The fraction of sp³-hybridized carbons (Fsp3) is 0.250. The summed E-state index contributed by atoms with van der Waals surface area (Å²) in [5.41, 5.74) is 26.9. The molecule has 0 aromatic heterocycles. The first-order valence-corrected chi connectivity index (χ1v) is 18.0. The second-order valence-electron chi connectivity index (χ2n) is 13.4. The molecule has 0 aliphatic rings. The SMILES string of the molecule is C.CN(CC(=O)NCN(CC(=O)Nc1cccc(N)c1)CC(=O)Nc1cccc(N)c1)CC(=O)NCN(CC(=O)Nc1cccc(N)c1)CC(=O)Nc1cccc(N)c1. The van der Waals surface area contributed by atoms with Crippen LogP contribution in [-0.4, -0.2) is 110 Å². The number of amides is 6. The van der Waals surface area contributed by atoms with Crippen LogP contribution < -0.4 is 54.8 Å². The minimum Gasteiger partial charge on any atom is -0.399 e. The molecule has 4 aromatic rings. The number of benzene rings is 4. The van der Waals surface area contributed by atoms with Crippen LogP contribution >= 0.6 is 0 Å². The van der Waals surface area contributed by atoms with E-state index in [1.165, 1.54) is 14.7 Å². The molecule has 14 N–H and O–H groups in total. The summed E-state index contributed by atoms with van der Waals surface area (Å²) in [4.78, 5) is 81.9. The number of nitrogen functional groups attached to an aromatic ring is 4. The molecule has 4 rings (SSSR count). The molecule has 59 heavy (non-hydrogen) atoms. The number of nitrogens with zero attached hydrogens (tertiary/aromatic N) is 3. The van der Waals surface area contributed by atoms with Crippen molar-refractivity contribution in [1.82, 2.24) is 25.3 Å². The highest BCUT2D eigenvalue weighted by molar-refractivity contribution is 5.96. The number of nitrogens with two attached hydrogens (primary N) is 4. The van der Waals surface area contributed by atoms with Crippen LogP contribution in [0, 0.1) is 0 Å². The van der Waals surface area contributed by atoms with Crippen LogP contribution in [0.5, 0.6) is 0 Å². The first-order chi connectivity index (χ1) is 27.7. The van der Waals surface area contributed by atoms with Gasteiger partial charge in [-0.05, 0) is 79.8 Å². The average Bonchev–Trinajstić information content (AvgIpc) is 3.12. The Morgan fingerprint density at radius 2 is 0.678 bits per heavy atom. The van der Waals surface area contributed by atoms with Crippen molar-refractivity contribution in [3.8, 4) is 0 Å². The number of rotatable bonds is 20. The molecule has 0 atom stereocenters. The van der Waals surface area contributed by atoms with Crippen LogP contribution in [-0.2, 0) is 28.8 Å². The van der Waals surface area contributed by atoms with Gasteiger partial charge in [0.1, 0.15) is 0 Å². The highest BCUT2D eigenvalue weighted by Crippen LogP contribution is 2.15. The number of anilines is 8. The summed E-state index contributed by atoms with van der Waals surface area (Å²) in [7, 11) is 1.55. The summed E-state index contributed by atoms with van der Waals surface area (Å²) in [6.07, 6.45) is 0. The molecule has 314 valence electrons. The van der Waals surface area contributed by atoms with E-state index in [4.69, 9.17) is 22.9 Å². The average molecular weight is 812 g/mol. The van der Waals surface area contributed by atoms with Gasteiger partial charge in [-0.15, -0.1) is 0 Å². The lowest BCUT2D eigenvalue weighted by atomic mass is 10.3. The van der Waals surface area contributed by atoms with Crippen molar-refractivity contribution >= 4 is 80.9 Å². The molecule has 0 bridgehead atoms. The third-order valence-corrected chi connectivity index (χ3v) is 7.98. The van der Waals surface area contributed by atoms with Crippen molar-refractivity contribution in [3.05, 3.63) is 97.1 Å². The molecular weight excluding hydrogens is 759 g/mol. The van der Waals surface area contributed by atoms with Gasteiger partial charge in [0.05, 0.1) is 52.6 Å². The molecule has 4 aromatic carbocycles. The Morgan fingerprint density at radius 3 is 0.915 bits per heavy atom. The summed E-state index contributed by atoms with van der Waals surface area (Å²) in [6.45, 7) is -1.85. The van der Waals surface area contributed by atoms with Crippen molar-refractivity contribution in [2.75, 3.05) is 104 Å². The van der Waals surface area contributed by atoms with Crippen molar-refractivity contribution in [2.45, 2.75) is 7.43 Å². The molecule has 0 heterocycles. The van der Waals surface area contributed by atoms with Gasteiger partial charge in [-0.2, -0.15) is 0 Å². The Kier molecular flexibility index (Phi) is 18.1. The largest absolute Gasteiger partial charge is 0.399 e. The lowest BCUT2D eigenvalue weighted by Crippen LogP contribution is -2.49. The summed E-state index contributed by atoms with van der Waals surface area (Å²) >= 11 is 0. The van der Waals surface area contributed by atoms with E-state index in [1.807, 2.05) is 0 Å². The van der Waals surface area contributed by atoms with Gasteiger partial charge in [-0.25, -0.2) is 0 Å². The topological polar surface area (TPSA) is 288 Å². The third-order valence-electron chi connectivity index (χ3n) is 7.98. The molecule has 0 aliphatic heterocycles. The summed E-state index contributed by atoms with van der Waals surface area (Å²) < 4.78 is 0. The molecule has 19 nitrogen and oxygen atoms in total. The molecule has 0 unspecified atom stereocenters. The van der Waals surface area contributed by atoms with E-state index < -0.39 is 35.4 Å². The van der Waals surface area contributed by atoms with Crippen molar-refractivity contribution in [3.63, 3.8) is 0 Å². The maximum absolute atomic E-state index is 13.0. The van der Waals surface area contributed by atoms with E-state index in [2.05, 4.69) is 31.9 Å². The maximum atomic E-state index is 13.0. The van der Waals surface area contributed by atoms with Gasteiger partial charge in [0.15, 0.2) is 0 Å². The van der Waals surface area contributed by atoms with Crippen LogP contribution in [0.3, 0.4) is 0 Å². The number of hydrogen-bond acceptors (Lipinski definition) is 13. The normalized spacial score (nSPS) is 10.6. The summed E-state index contributed by atoms with van der Waals surface area (Å²) in [6, 6.07) is 26.4. The van der Waals surface area contributed by atoms with E-state index in [-0.39, 0.29) is 60.0 Å². The summed E-state index contributed by atoms with van der Waals surface area (Å²) in [5.74, 6) is -2.81. The van der Waals surface area contributed by atoms with Gasteiger partial charge >= 0.3 is 0 Å². The van der Waals surface area contributed by atoms with E-state index in [9.17, 15) is 28.8 Å². The Hall–Kier alpha value is -7.22. The molecule has 6 amide bonds. The minimum absolute atomic E-state index is 0. The lowest BCUT2D eigenvalue weighted by molar-refractivity contribution is -0.128. The van der Waals surface area contributed by atoms with Gasteiger partial charge in [0, 0.05) is 45.5 Å². The van der Waals surface area contributed by atoms with E-state index >= 15 is 0 Å². The summed E-state index contributed by atoms with van der Waals surface area (Å²) in [5, 5.41) is 16.2. The number of nitrogens with one attached hydrogen (secondary N) is 6. The van der Waals surface area contributed by atoms with Gasteiger partial charge in [0.25, 0.3) is 0 Å². The number of carbonyl (C=O) groups is 6. The maximum Gasteiger partial charge on any atom is 0.238 e. The smallest absolute Gasteiger partial charge is 0.238 e. The second-order valence-corrected chi connectivity index (χ2v) is 13.4. The number of hydrogen-bond donors (Lipinski definition) is 10. The van der Waals surface area contributed by atoms with E-state index in [0.717, 1.165) is 0 Å². The van der Waals surface area contributed by atoms with Crippen LogP contribution in [0.15, 0.2) is 97.1 Å². The van der Waals surface area contributed by atoms with Crippen molar-refractivity contribution in [2.24, 2.45) is 0 Å². The van der Waals surface area contributed by atoms with Crippen LogP contribution in [0.25, 0.3) is 0 Å². The Bertz CT molecular complexity index is 1810. The first-order valence-electron chi connectivity index (χ1n) is 18.0.